The molecule has 0 radical (unpaired) electrons. The fraction of sp³-hybridized carbons (Fsp3) is 0.0976. The van der Waals surface area contributed by atoms with E-state index < -0.39 is 0 Å². The molecule has 0 fully saturated rings. The Hall–Kier alpha value is -6.81. The summed E-state index contributed by atoms with van der Waals surface area (Å²) in [5, 5.41) is 1.09. The lowest BCUT2D eigenvalue weighted by molar-refractivity contribution is 0.746. The van der Waals surface area contributed by atoms with E-state index in [1.54, 1.807) is 46.3 Å². The first-order valence-corrected chi connectivity index (χ1v) is 16.5. The largest absolute Gasteiger partial charge is 0.354 e. The second kappa shape index (κ2) is 13.6. The molecule has 5 aromatic heterocycles. The predicted octanol–water partition coefficient (Wildman–Crippen LogP) is 6.36. The van der Waals surface area contributed by atoms with Crippen LogP contribution in [0.4, 0.5) is 5.82 Å². The summed E-state index contributed by atoms with van der Waals surface area (Å²) in [5.41, 5.74) is 7.92. The molecule has 0 N–H and O–H groups in total. The van der Waals surface area contributed by atoms with Crippen molar-refractivity contribution in [2.45, 2.75) is 19.6 Å². The van der Waals surface area contributed by atoms with Crippen LogP contribution in [0.15, 0.2) is 150 Å². The summed E-state index contributed by atoms with van der Waals surface area (Å²) in [7, 11) is 1.96. The fourth-order valence-corrected chi connectivity index (χ4v) is 6.15. The molecule has 3 aromatic carbocycles. The lowest BCUT2D eigenvalue weighted by Crippen LogP contribution is -2.22. The van der Waals surface area contributed by atoms with Gasteiger partial charge in [0.05, 0.1) is 47.9 Å². The van der Waals surface area contributed by atoms with Crippen LogP contribution in [0.25, 0.3) is 44.2 Å². The second-order valence-corrected chi connectivity index (χ2v) is 12.4. The third-order valence-corrected chi connectivity index (χ3v) is 8.97. The van der Waals surface area contributed by atoms with Gasteiger partial charge in [0, 0.05) is 31.2 Å². The highest BCUT2D eigenvalue weighted by Crippen LogP contribution is 2.23. The fourth-order valence-electron chi connectivity index (χ4n) is 6.15. The van der Waals surface area contributed by atoms with E-state index in [1.165, 1.54) is 0 Å². The SMILES string of the molecule is CN(Cc1ccc2c(=O)n(Cc3ccc(-c4ccncc4)cc3)cnc2n1)c1ccc(-c2ccc(Cn3cnc4ccccc4c3=O)cc2)cn1. The van der Waals surface area contributed by atoms with Gasteiger partial charge in [-0.05, 0) is 76.3 Å². The van der Waals surface area contributed by atoms with Crippen molar-refractivity contribution in [2.24, 2.45) is 0 Å². The quantitative estimate of drug-likeness (QED) is 0.175. The summed E-state index contributed by atoms with van der Waals surface area (Å²) in [4.78, 5) is 50.6. The Morgan fingerprint density at radius 3 is 1.88 bits per heavy atom. The summed E-state index contributed by atoms with van der Waals surface area (Å²) in [6, 6.07) is 35.3. The summed E-state index contributed by atoms with van der Waals surface area (Å²) < 4.78 is 3.24. The molecule has 0 saturated carbocycles. The molecular weight excluding hydrogens is 637 g/mol. The number of fused-ring (bicyclic) bond motifs is 2. The highest BCUT2D eigenvalue weighted by atomic mass is 16.1. The van der Waals surface area contributed by atoms with E-state index >= 15 is 0 Å². The molecule has 0 saturated heterocycles. The van der Waals surface area contributed by atoms with Crippen LogP contribution in [-0.4, -0.2) is 41.1 Å². The van der Waals surface area contributed by atoms with Gasteiger partial charge in [0.2, 0.25) is 0 Å². The van der Waals surface area contributed by atoms with E-state index in [1.807, 2.05) is 115 Å². The van der Waals surface area contributed by atoms with Gasteiger partial charge in [0.1, 0.15) is 12.1 Å². The Bertz CT molecular complexity index is 2600. The van der Waals surface area contributed by atoms with Crippen LogP contribution in [0.5, 0.6) is 0 Å². The standard InChI is InChI=1S/C41H32N8O2/c1-47(38-17-14-33(22-43-38)31-12-8-29(9-13-31)23-48-26-44-37-5-3-2-4-35(37)40(48)50)25-34-15-16-36-39(46-34)45-27-49(41(36)51)24-28-6-10-30(11-7-28)32-18-20-42-21-19-32/h2-22,26-27H,23-25H2,1H3. The minimum Gasteiger partial charge on any atom is -0.354 e. The Balaban J connectivity index is 0.913. The topological polar surface area (TPSA) is 112 Å². The third kappa shape index (κ3) is 6.62. The first kappa shape index (κ1) is 31.5. The minimum atomic E-state index is -0.129. The third-order valence-electron chi connectivity index (χ3n) is 8.97. The monoisotopic (exact) mass is 668 g/mol. The molecule has 10 nitrogen and oxygen atoms in total. The van der Waals surface area contributed by atoms with Crippen LogP contribution < -0.4 is 16.0 Å². The molecule has 0 aliphatic rings. The highest BCUT2D eigenvalue weighted by Gasteiger charge is 2.11. The van der Waals surface area contributed by atoms with E-state index in [4.69, 9.17) is 9.97 Å². The first-order chi connectivity index (χ1) is 25.0. The number of aromatic nitrogens is 7. The van der Waals surface area contributed by atoms with Crippen LogP contribution >= 0.6 is 0 Å². The summed E-state index contributed by atoms with van der Waals surface area (Å²) >= 11 is 0. The molecule has 8 rings (SSSR count). The van der Waals surface area contributed by atoms with Gasteiger partial charge in [0.15, 0.2) is 5.65 Å². The van der Waals surface area contributed by atoms with Gasteiger partial charge in [0.25, 0.3) is 11.1 Å². The first-order valence-electron chi connectivity index (χ1n) is 16.5. The van der Waals surface area contributed by atoms with E-state index in [2.05, 4.69) is 15.0 Å². The maximum atomic E-state index is 13.3. The molecular formula is C41H32N8O2. The number of rotatable bonds is 9. The Labute approximate surface area is 293 Å². The van der Waals surface area contributed by atoms with Crippen LogP contribution in [-0.2, 0) is 19.6 Å². The van der Waals surface area contributed by atoms with Crippen LogP contribution in [0.1, 0.15) is 16.8 Å². The second-order valence-electron chi connectivity index (χ2n) is 12.4. The lowest BCUT2D eigenvalue weighted by atomic mass is 10.1. The normalized spacial score (nSPS) is 11.2. The zero-order valence-corrected chi connectivity index (χ0v) is 27.8. The maximum Gasteiger partial charge on any atom is 0.263 e. The van der Waals surface area contributed by atoms with Crippen LogP contribution in [0, 0.1) is 0 Å². The summed E-state index contributed by atoms with van der Waals surface area (Å²) in [6.45, 7) is 1.35. The highest BCUT2D eigenvalue weighted by molar-refractivity contribution is 5.77. The molecule has 0 bridgehead atoms. The number of pyridine rings is 3. The molecule has 0 atom stereocenters. The Kier molecular flexibility index (Phi) is 8.39. The molecule has 0 aliphatic carbocycles. The molecule has 248 valence electrons. The van der Waals surface area contributed by atoms with Crippen molar-refractivity contribution in [1.29, 1.82) is 0 Å². The van der Waals surface area contributed by atoms with Crippen molar-refractivity contribution < 1.29 is 0 Å². The van der Waals surface area contributed by atoms with E-state index in [9.17, 15) is 9.59 Å². The van der Waals surface area contributed by atoms with E-state index in [-0.39, 0.29) is 11.1 Å². The maximum absolute atomic E-state index is 13.3. The van der Waals surface area contributed by atoms with Crippen molar-refractivity contribution in [3.8, 4) is 22.3 Å². The van der Waals surface area contributed by atoms with Gasteiger partial charge in [-0.2, -0.15) is 0 Å². The van der Waals surface area contributed by atoms with Gasteiger partial charge in [-0.15, -0.1) is 0 Å². The molecule has 0 spiro atoms. The van der Waals surface area contributed by atoms with E-state index in [0.29, 0.717) is 41.6 Å². The van der Waals surface area contributed by atoms with Gasteiger partial charge < -0.3 is 4.90 Å². The van der Waals surface area contributed by atoms with Gasteiger partial charge in [-0.1, -0.05) is 60.7 Å². The predicted molar refractivity (Wildman–Crippen MR) is 199 cm³/mol. The summed E-state index contributed by atoms with van der Waals surface area (Å²) in [6.07, 6.45) is 8.56. The van der Waals surface area contributed by atoms with Crippen molar-refractivity contribution in [3.63, 3.8) is 0 Å². The summed E-state index contributed by atoms with van der Waals surface area (Å²) in [5.74, 6) is 0.791. The molecule has 8 aromatic rings. The van der Waals surface area contributed by atoms with Crippen LogP contribution in [0.3, 0.4) is 0 Å². The van der Waals surface area contributed by atoms with Crippen molar-refractivity contribution >= 4 is 27.8 Å². The number of hydrogen-bond acceptors (Lipinski definition) is 8. The number of anilines is 1. The smallest absolute Gasteiger partial charge is 0.263 e. The molecule has 0 amide bonds. The molecule has 51 heavy (non-hydrogen) atoms. The average molecular weight is 669 g/mol. The zero-order chi connectivity index (χ0) is 34.7. The lowest BCUT2D eigenvalue weighted by Gasteiger charge is -2.18. The number of hydrogen-bond donors (Lipinski definition) is 0. The molecule has 10 heteroatoms. The number of nitrogens with zero attached hydrogens (tertiary/aromatic N) is 8. The van der Waals surface area contributed by atoms with Gasteiger partial charge >= 0.3 is 0 Å². The Morgan fingerprint density at radius 1 is 0.588 bits per heavy atom. The molecule has 0 aliphatic heterocycles. The zero-order valence-electron chi connectivity index (χ0n) is 27.8. The Morgan fingerprint density at radius 2 is 1.20 bits per heavy atom. The van der Waals surface area contributed by atoms with Gasteiger partial charge in [-0.25, -0.2) is 19.9 Å². The molecule has 0 unspecified atom stereocenters. The van der Waals surface area contributed by atoms with Crippen molar-refractivity contribution in [3.05, 3.63) is 178 Å². The number of para-hydroxylation sites is 1. The number of benzene rings is 3. The molecule has 5 heterocycles. The minimum absolute atomic E-state index is 0.0531. The van der Waals surface area contributed by atoms with E-state index in [0.717, 1.165) is 44.9 Å². The van der Waals surface area contributed by atoms with Crippen molar-refractivity contribution in [1.82, 2.24) is 34.1 Å². The van der Waals surface area contributed by atoms with Gasteiger partial charge in [-0.3, -0.25) is 23.7 Å². The van der Waals surface area contributed by atoms with Crippen LogP contribution in [0.2, 0.25) is 0 Å². The average Bonchev–Trinajstić information content (AvgIpc) is 3.18. The van der Waals surface area contributed by atoms with Crippen molar-refractivity contribution in [2.75, 3.05) is 11.9 Å².